The summed E-state index contributed by atoms with van der Waals surface area (Å²) in [7, 11) is -3.59. The minimum absolute atomic E-state index is 0.155. The number of hydrogen-bond donors (Lipinski definition) is 1. The molecule has 0 spiro atoms. The summed E-state index contributed by atoms with van der Waals surface area (Å²) in [6, 6.07) is 11.3. The summed E-state index contributed by atoms with van der Waals surface area (Å²) in [5, 5.41) is 9.33. The number of nitrogens with zero attached hydrogens (tertiary/aromatic N) is 2. The second kappa shape index (κ2) is 6.27. The van der Waals surface area contributed by atoms with Crippen LogP contribution in [0, 0.1) is 0 Å². The van der Waals surface area contributed by atoms with Crippen LogP contribution in [0.2, 0.25) is 0 Å². The predicted octanol–water partition coefficient (Wildman–Crippen LogP) is 1.81. The Morgan fingerprint density at radius 1 is 1.22 bits per heavy atom. The molecule has 2 N–H and O–H groups in total. The van der Waals surface area contributed by atoms with Crippen molar-refractivity contribution in [1.82, 2.24) is 15.0 Å². The molecule has 7 heteroatoms. The first-order valence-electron chi connectivity index (χ1n) is 7.44. The van der Waals surface area contributed by atoms with E-state index in [9.17, 15) is 13.5 Å². The number of aliphatic hydroxyl groups excluding tert-OH is 1. The molecule has 1 aromatic carbocycles. The van der Waals surface area contributed by atoms with Gasteiger partial charge >= 0.3 is 0 Å². The fraction of sp³-hybridized carbons (Fsp3) is 0.312. The van der Waals surface area contributed by atoms with E-state index in [4.69, 9.17) is 5.73 Å². The predicted molar refractivity (Wildman–Crippen MR) is 86.4 cm³/mol. The standard InChI is InChI=1S/C16H18N3O3S/c17-16-5-1-4-15(18-16)12-6-8-14(9-7-12)23(21,22)19-10-2-3-13(19)11-20/h1,4-9,13,17,20H,2-3,10-11H2/t13-/m1/s1. The summed E-state index contributed by atoms with van der Waals surface area (Å²) in [6.07, 6.45) is 1.46. The molecular weight excluding hydrogens is 314 g/mol. The Labute approximate surface area is 135 Å². The first-order valence-corrected chi connectivity index (χ1v) is 8.88. The second-order valence-electron chi connectivity index (χ2n) is 5.53. The third-order valence-electron chi connectivity index (χ3n) is 4.04. The van der Waals surface area contributed by atoms with Crippen molar-refractivity contribution in [2.45, 2.75) is 23.8 Å². The van der Waals surface area contributed by atoms with Gasteiger partial charge in [0, 0.05) is 18.2 Å². The van der Waals surface area contributed by atoms with E-state index < -0.39 is 10.0 Å². The van der Waals surface area contributed by atoms with Crippen LogP contribution in [-0.4, -0.2) is 42.0 Å². The van der Waals surface area contributed by atoms with Gasteiger partial charge in [-0.1, -0.05) is 18.2 Å². The molecule has 1 aromatic heterocycles. The van der Waals surface area contributed by atoms with Crippen LogP contribution < -0.4 is 5.73 Å². The van der Waals surface area contributed by atoms with Crippen molar-refractivity contribution in [3.05, 3.63) is 42.5 Å². The number of rotatable bonds is 4. The summed E-state index contributed by atoms with van der Waals surface area (Å²) in [4.78, 5) is 4.32. The SMILES string of the molecule is [NH]c1cccc(-c2ccc(S(=O)(=O)N3CCC[C@@H]3CO)cc2)n1. The summed E-state index contributed by atoms with van der Waals surface area (Å²) < 4.78 is 26.7. The minimum Gasteiger partial charge on any atom is -0.395 e. The highest BCUT2D eigenvalue weighted by Gasteiger charge is 2.34. The van der Waals surface area contributed by atoms with Gasteiger partial charge < -0.3 is 5.11 Å². The molecule has 121 valence electrons. The molecule has 23 heavy (non-hydrogen) atoms. The van der Waals surface area contributed by atoms with Gasteiger partial charge in [-0.05, 0) is 37.1 Å². The van der Waals surface area contributed by atoms with Gasteiger partial charge in [0.25, 0.3) is 0 Å². The number of hydrogen-bond acceptors (Lipinski definition) is 4. The van der Waals surface area contributed by atoms with E-state index in [0.29, 0.717) is 18.7 Å². The highest BCUT2D eigenvalue weighted by Crippen LogP contribution is 2.27. The molecule has 1 fully saturated rings. The van der Waals surface area contributed by atoms with Crippen LogP contribution in [0.5, 0.6) is 0 Å². The molecule has 1 aliphatic heterocycles. The average molecular weight is 332 g/mol. The Morgan fingerprint density at radius 2 is 1.96 bits per heavy atom. The maximum atomic E-state index is 12.7. The van der Waals surface area contributed by atoms with Crippen LogP contribution in [-0.2, 0) is 10.0 Å². The fourth-order valence-corrected chi connectivity index (χ4v) is 4.52. The molecule has 0 bridgehead atoms. The first-order chi connectivity index (χ1) is 11.0. The summed E-state index contributed by atoms with van der Waals surface area (Å²) >= 11 is 0. The van der Waals surface area contributed by atoms with Gasteiger partial charge in [-0.2, -0.15) is 4.31 Å². The molecular formula is C16H18N3O3S. The zero-order chi connectivity index (χ0) is 16.4. The minimum atomic E-state index is -3.59. The van der Waals surface area contributed by atoms with E-state index >= 15 is 0 Å². The van der Waals surface area contributed by atoms with E-state index in [0.717, 1.165) is 12.0 Å². The molecule has 3 rings (SSSR count). The van der Waals surface area contributed by atoms with Gasteiger partial charge in [0.1, 0.15) is 5.82 Å². The summed E-state index contributed by atoms with van der Waals surface area (Å²) in [5.74, 6) is 0.169. The number of benzene rings is 1. The van der Waals surface area contributed by atoms with Crippen molar-refractivity contribution in [3.8, 4) is 11.3 Å². The Morgan fingerprint density at radius 3 is 2.61 bits per heavy atom. The number of aliphatic hydroxyl groups is 1. The number of nitrogens with one attached hydrogen (secondary N) is 1. The molecule has 1 aliphatic rings. The normalized spacial score (nSPS) is 19.1. The van der Waals surface area contributed by atoms with Crippen LogP contribution >= 0.6 is 0 Å². The Bertz CT molecular complexity index is 790. The molecule has 1 saturated heterocycles. The molecule has 0 unspecified atom stereocenters. The van der Waals surface area contributed by atoms with Crippen LogP contribution in [0.15, 0.2) is 47.4 Å². The highest BCUT2D eigenvalue weighted by atomic mass is 32.2. The molecule has 0 aliphatic carbocycles. The third kappa shape index (κ3) is 3.08. The van der Waals surface area contributed by atoms with Crippen LogP contribution in [0.1, 0.15) is 12.8 Å². The van der Waals surface area contributed by atoms with Gasteiger partial charge in [-0.3, -0.25) is 5.73 Å². The largest absolute Gasteiger partial charge is 0.395 e. The number of sulfonamides is 1. The fourth-order valence-electron chi connectivity index (χ4n) is 2.84. The van der Waals surface area contributed by atoms with Crippen LogP contribution in [0.3, 0.4) is 0 Å². The Balaban J connectivity index is 1.90. The van der Waals surface area contributed by atoms with Crippen molar-refractivity contribution < 1.29 is 13.5 Å². The molecule has 0 saturated carbocycles. The lowest BCUT2D eigenvalue weighted by molar-refractivity contribution is 0.213. The lowest BCUT2D eigenvalue weighted by Crippen LogP contribution is -2.37. The van der Waals surface area contributed by atoms with Crippen molar-refractivity contribution in [3.63, 3.8) is 0 Å². The van der Waals surface area contributed by atoms with E-state index in [1.165, 1.54) is 4.31 Å². The van der Waals surface area contributed by atoms with Crippen LogP contribution in [0.4, 0.5) is 5.82 Å². The van der Waals surface area contributed by atoms with Gasteiger partial charge in [-0.15, -0.1) is 0 Å². The van der Waals surface area contributed by atoms with E-state index in [1.54, 1.807) is 42.5 Å². The van der Waals surface area contributed by atoms with Crippen molar-refractivity contribution in [2.24, 2.45) is 0 Å². The van der Waals surface area contributed by atoms with Crippen LogP contribution in [0.25, 0.3) is 11.3 Å². The first kappa shape index (κ1) is 15.9. The number of pyridine rings is 1. The highest BCUT2D eigenvalue weighted by molar-refractivity contribution is 7.89. The van der Waals surface area contributed by atoms with E-state index in [1.807, 2.05) is 0 Å². The maximum absolute atomic E-state index is 12.7. The molecule has 2 heterocycles. The van der Waals surface area contributed by atoms with Crippen molar-refractivity contribution in [2.75, 3.05) is 13.2 Å². The lowest BCUT2D eigenvalue weighted by Gasteiger charge is -2.22. The zero-order valence-electron chi connectivity index (χ0n) is 12.5. The third-order valence-corrected chi connectivity index (χ3v) is 6.01. The van der Waals surface area contributed by atoms with Gasteiger partial charge in [0.15, 0.2) is 0 Å². The zero-order valence-corrected chi connectivity index (χ0v) is 13.3. The maximum Gasteiger partial charge on any atom is 0.243 e. The quantitative estimate of drug-likeness (QED) is 0.924. The molecule has 6 nitrogen and oxygen atoms in total. The van der Waals surface area contributed by atoms with Gasteiger partial charge in [-0.25, -0.2) is 13.4 Å². The molecule has 1 atom stereocenters. The molecule has 2 aromatic rings. The van der Waals surface area contributed by atoms with E-state index in [2.05, 4.69) is 4.98 Å². The Kier molecular flexibility index (Phi) is 4.34. The van der Waals surface area contributed by atoms with Gasteiger partial charge in [0.05, 0.1) is 17.2 Å². The summed E-state index contributed by atoms with van der Waals surface area (Å²) in [6.45, 7) is 0.287. The Hall–Kier alpha value is -1.96. The van der Waals surface area contributed by atoms with Crippen molar-refractivity contribution in [1.29, 1.82) is 0 Å². The number of aromatic nitrogens is 1. The lowest BCUT2D eigenvalue weighted by atomic mass is 10.1. The molecule has 1 radical (unpaired) electrons. The smallest absolute Gasteiger partial charge is 0.243 e. The average Bonchev–Trinajstić information content (AvgIpc) is 3.04. The second-order valence-corrected chi connectivity index (χ2v) is 7.42. The summed E-state index contributed by atoms with van der Waals surface area (Å²) in [5.41, 5.74) is 8.94. The molecule has 0 amide bonds. The van der Waals surface area contributed by atoms with E-state index in [-0.39, 0.29) is 23.4 Å². The van der Waals surface area contributed by atoms with Gasteiger partial charge in [0.2, 0.25) is 10.0 Å². The monoisotopic (exact) mass is 332 g/mol. The van der Waals surface area contributed by atoms with Crippen molar-refractivity contribution >= 4 is 15.8 Å². The topological polar surface area (TPSA) is 94.3 Å².